The lowest BCUT2D eigenvalue weighted by Gasteiger charge is -2.36. The molecule has 1 aliphatic carbocycles. The van der Waals surface area contributed by atoms with Gasteiger partial charge in [-0.2, -0.15) is 0 Å². The third-order valence-electron chi connectivity index (χ3n) is 6.60. The number of nitrogens with zero attached hydrogens (tertiary/aromatic N) is 2. The lowest BCUT2D eigenvalue weighted by molar-refractivity contribution is 0.0163. The van der Waals surface area contributed by atoms with Crippen molar-refractivity contribution in [1.82, 2.24) is 15.1 Å². The molecule has 2 aromatic carbocycles. The van der Waals surface area contributed by atoms with Crippen LogP contribution < -0.4 is 5.32 Å². The van der Waals surface area contributed by atoms with Crippen molar-refractivity contribution >= 4 is 6.03 Å². The lowest BCUT2D eigenvalue weighted by Crippen LogP contribution is -2.47. The Morgan fingerprint density at radius 3 is 2.65 bits per heavy atom. The number of carbonyl (C=O) groups excluding carboxylic acids is 1. The van der Waals surface area contributed by atoms with Gasteiger partial charge in [0.25, 0.3) is 0 Å². The molecule has 31 heavy (non-hydrogen) atoms. The maximum absolute atomic E-state index is 13.4. The van der Waals surface area contributed by atoms with Crippen LogP contribution in [0.15, 0.2) is 48.5 Å². The van der Waals surface area contributed by atoms with E-state index < -0.39 is 0 Å². The Bertz CT molecular complexity index is 861. The van der Waals surface area contributed by atoms with Crippen LogP contribution in [0.25, 0.3) is 0 Å². The number of morpholine rings is 1. The van der Waals surface area contributed by atoms with Crippen LogP contribution in [0.2, 0.25) is 0 Å². The van der Waals surface area contributed by atoms with Gasteiger partial charge in [0.05, 0.1) is 25.3 Å². The summed E-state index contributed by atoms with van der Waals surface area (Å²) in [5.74, 6) is 0. The zero-order valence-corrected chi connectivity index (χ0v) is 18.8. The summed E-state index contributed by atoms with van der Waals surface area (Å²) in [5.41, 5.74) is 5.20. The highest BCUT2D eigenvalue weighted by molar-refractivity contribution is 5.75. The minimum Gasteiger partial charge on any atom is -0.379 e. The number of rotatable bonds is 7. The van der Waals surface area contributed by atoms with Gasteiger partial charge in [-0.05, 0) is 42.9 Å². The molecule has 0 aromatic heterocycles. The van der Waals surface area contributed by atoms with E-state index in [0.717, 1.165) is 52.1 Å². The molecule has 2 aromatic rings. The van der Waals surface area contributed by atoms with Crippen LogP contribution in [-0.2, 0) is 11.2 Å². The summed E-state index contributed by atoms with van der Waals surface area (Å²) in [4.78, 5) is 17.9. The van der Waals surface area contributed by atoms with Gasteiger partial charge in [-0.25, -0.2) is 4.79 Å². The van der Waals surface area contributed by atoms with Crippen LogP contribution >= 0.6 is 0 Å². The predicted octanol–water partition coefficient (Wildman–Crippen LogP) is 4.48. The zero-order valence-electron chi connectivity index (χ0n) is 18.8. The van der Waals surface area contributed by atoms with Crippen molar-refractivity contribution in [3.8, 4) is 0 Å². The van der Waals surface area contributed by atoms with E-state index in [4.69, 9.17) is 4.74 Å². The highest BCUT2D eigenvalue weighted by Crippen LogP contribution is 2.35. The van der Waals surface area contributed by atoms with Gasteiger partial charge in [-0.15, -0.1) is 0 Å². The summed E-state index contributed by atoms with van der Waals surface area (Å²) in [6.07, 6.45) is 3.02. The zero-order chi connectivity index (χ0) is 21.6. The third-order valence-corrected chi connectivity index (χ3v) is 6.60. The number of carbonyl (C=O) groups is 1. The molecule has 0 bridgehead atoms. The first-order valence-corrected chi connectivity index (χ1v) is 11.7. The van der Waals surface area contributed by atoms with E-state index in [1.165, 1.54) is 22.3 Å². The van der Waals surface area contributed by atoms with Crippen LogP contribution in [0.5, 0.6) is 0 Å². The smallest absolute Gasteiger partial charge is 0.317 e. The molecular weight excluding hydrogens is 386 g/mol. The fraction of sp³-hybridized carbons (Fsp3) is 0.500. The predicted molar refractivity (Wildman–Crippen MR) is 124 cm³/mol. The van der Waals surface area contributed by atoms with Crippen molar-refractivity contribution in [2.45, 2.75) is 45.2 Å². The number of hydrogen-bond acceptors (Lipinski definition) is 3. The number of urea groups is 1. The van der Waals surface area contributed by atoms with Gasteiger partial charge < -0.3 is 15.0 Å². The summed E-state index contributed by atoms with van der Waals surface area (Å²) in [6, 6.07) is 17.7. The third kappa shape index (κ3) is 5.10. The molecule has 2 aliphatic rings. The number of nitrogens with one attached hydrogen (secondary N) is 1. The molecule has 0 radical (unpaired) electrons. The van der Waals surface area contributed by atoms with Crippen LogP contribution in [0.3, 0.4) is 0 Å². The standard InChI is InChI=1S/C26H35N3O2/c1-3-14-29(24-13-12-21-6-4-5-7-23(21)24)26(30)27-19-25(28-15-17-31-18-16-28)22-10-8-20(2)9-11-22/h4-11,24-25H,3,12-19H2,1-2H3,(H,27,30)/t24-,25+/m0/s1. The second-order valence-corrected chi connectivity index (χ2v) is 8.71. The summed E-state index contributed by atoms with van der Waals surface area (Å²) in [7, 11) is 0. The van der Waals surface area contributed by atoms with Gasteiger partial charge in [0, 0.05) is 26.2 Å². The van der Waals surface area contributed by atoms with Gasteiger partial charge in [0.15, 0.2) is 0 Å². The SMILES string of the molecule is CCCN(C(=O)NC[C@H](c1ccc(C)cc1)N1CCOCC1)[C@H]1CCc2ccccc21. The summed E-state index contributed by atoms with van der Waals surface area (Å²) < 4.78 is 5.56. The number of aryl methyl sites for hydroxylation is 2. The first kappa shape index (κ1) is 21.8. The molecule has 1 aliphatic heterocycles. The molecule has 0 saturated carbocycles. The summed E-state index contributed by atoms with van der Waals surface area (Å²) >= 11 is 0. The van der Waals surface area contributed by atoms with Crippen molar-refractivity contribution < 1.29 is 9.53 Å². The van der Waals surface area contributed by atoms with Crippen LogP contribution in [0.1, 0.15) is 54.1 Å². The minimum absolute atomic E-state index is 0.0499. The molecule has 1 fully saturated rings. The molecule has 4 rings (SSSR count). The van der Waals surface area contributed by atoms with Crippen molar-refractivity contribution in [3.05, 3.63) is 70.8 Å². The molecule has 1 N–H and O–H groups in total. The molecule has 1 saturated heterocycles. The van der Waals surface area contributed by atoms with Crippen molar-refractivity contribution in [3.63, 3.8) is 0 Å². The van der Waals surface area contributed by atoms with E-state index >= 15 is 0 Å². The first-order valence-electron chi connectivity index (χ1n) is 11.7. The fourth-order valence-electron chi connectivity index (χ4n) is 4.92. The molecule has 5 nitrogen and oxygen atoms in total. The monoisotopic (exact) mass is 421 g/mol. The molecule has 0 spiro atoms. The largest absolute Gasteiger partial charge is 0.379 e. The van der Waals surface area contributed by atoms with Crippen molar-refractivity contribution in [2.75, 3.05) is 39.4 Å². The van der Waals surface area contributed by atoms with Crippen molar-refractivity contribution in [1.29, 1.82) is 0 Å². The van der Waals surface area contributed by atoms with E-state index in [0.29, 0.717) is 6.54 Å². The Labute approximate surface area is 186 Å². The number of ether oxygens (including phenoxy) is 1. The molecule has 2 atom stereocenters. The lowest BCUT2D eigenvalue weighted by atomic mass is 10.0. The normalized spacial score (nSPS) is 19.6. The van der Waals surface area contributed by atoms with Gasteiger partial charge in [0.1, 0.15) is 0 Å². The van der Waals surface area contributed by atoms with Gasteiger partial charge in [-0.3, -0.25) is 4.90 Å². The minimum atomic E-state index is 0.0499. The Morgan fingerprint density at radius 1 is 1.16 bits per heavy atom. The molecule has 0 unspecified atom stereocenters. The van der Waals surface area contributed by atoms with E-state index in [1.54, 1.807) is 0 Å². The number of amides is 2. The second-order valence-electron chi connectivity index (χ2n) is 8.71. The average molecular weight is 422 g/mol. The Hall–Kier alpha value is -2.37. The first-order chi connectivity index (χ1) is 15.2. The van der Waals surface area contributed by atoms with Gasteiger partial charge >= 0.3 is 6.03 Å². The van der Waals surface area contributed by atoms with E-state index in [-0.39, 0.29) is 18.1 Å². The van der Waals surface area contributed by atoms with E-state index in [1.807, 2.05) is 0 Å². The second kappa shape index (κ2) is 10.3. The highest BCUT2D eigenvalue weighted by Gasteiger charge is 2.31. The number of benzene rings is 2. The van der Waals surface area contributed by atoms with Crippen molar-refractivity contribution in [2.24, 2.45) is 0 Å². The quantitative estimate of drug-likeness (QED) is 0.717. The van der Waals surface area contributed by atoms with E-state index in [9.17, 15) is 4.79 Å². The Balaban J connectivity index is 1.48. The topological polar surface area (TPSA) is 44.8 Å². The summed E-state index contributed by atoms with van der Waals surface area (Å²) in [6.45, 7) is 8.91. The number of fused-ring (bicyclic) bond motifs is 1. The van der Waals surface area contributed by atoms with Gasteiger partial charge in [-0.1, -0.05) is 61.0 Å². The molecule has 2 amide bonds. The Morgan fingerprint density at radius 2 is 1.90 bits per heavy atom. The maximum atomic E-state index is 13.4. The Kier molecular flexibility index (Phi) is 7.25. The highest BCUT2D eigenvalue weighted by atomic mass is 16.5. The van der Waals surface area contributed by atoms with E-state index in [2.05, 4.69) is 77.5 Å². The maximum Gasteiger partial charge on any atom is 0.317 e. The molecule has 1 heterocycles. The average Bonchev–Trinajstić information content (AvgIpc) is 3.23. The van der Waals surface area contributed by atoms with Crippen LogP contribution in [0, 0.1) is 6.92 Å². The van der Waals surface area contributed by atoms with Crippen LogP contribution in [-0.4, -0.2) is 55.2 Å². The molecule has 166 valence electrons. The molecular formula is C26H35N3O2. The fourth-order valence-corrected chi connectivity index (χ4v) is 4.92. The van der Waals surface area contributed by atoms with Gasteiger partial charge in [0.2, 0.25) is 0 Å². The molecule has 5 heteroatoms. The summed E-state index contributed by atoms with van der Waals surface area (Å²) in [5, 5.41) is 3.29. The number of hydrogen-bond donors (Lipinski definition) is 1. The van der Waals surface area contributed by atoms with Crippen LogP contribution in [0.4, 0.5) is 4.79 Å².